The Bertz CT molecular complexity index is 348. The minimum absolute atomic E-state index is 0.277. The van der Waals surface area contributed by atoms with Gasteiger partial charge < -0.3 is 10.4 Å². The largest absolute Gasteiger partial charge is 0.396 e. The first kappa shape index (κ1) is 13.1. The highest BCUT2D eigenvalue weighted by molar-refractivity contribution is 7.10. The molecule has 0 spiro atoms. The van der Waals surface area contributed by atoms with Crippen LogP contribution in [0.1, 0.15) is 49.6 Å². The number of aliphatic hydroxyl groups is 1. The van der Waals surface area contributed by atoms with Gasteiger partial charge in [-0.25, -0.2) is 0 Å². The van der Waals surface area contributed by atoms with E-state index in [-0.39, 0.29) is 6.61 Å². The predicted octanol–water partition coefficient (Wildman–Crippen LogP) is 3.12. The van der Waals surface area contributed by atoms with Crippen molar-refractivity contribution in [1.82, 2.24) is 5.32 Å². The molecule has 1 heterocycles. The van der Waals surface area contributed by atoms with Crippen molar-refractivity contribution in [1.29, 1.82) is 0 Å². The summed E-state index contributed by atoms with van der Waals surface area (Å²) in [6.45, 7) is 4.73. The van der Waals surface area contributed by atoms with Crippen LogP contribution in [0.2, 0.25) is 0 Å². The number of rotatable bonds is 5. The van der Waals surface area contributed by atoms with Crippen molar-refractivity contribution in [3.8, 4) is 0 Å². The van der Waals surface area contributed by atoms with E-state index in [2.05, 4.69) is 30.6 Å². The summed E-state index contributed by atoms with van der Waals surface area (Å²) in [5.41, 5.74) is 1.50. The molecule has 0 radical (unpaired) electrons. The number of hydrogen-bond donors (Lipinski definition) is 2. The number of hydrogen-bond acceptors (Lipinski definition) is 3. The molecule has 0 aromatic carbocycles. The summed E-state index contributed by atoms with van der Waals surface area (Å²) in [5, 5.41) is 15.1. The summed E-state index contributed by atoms with van der Waals surface area (Å²) in [7, 11) is 0. The van der Waals surface area contributed by atoms with E-state index >= 15 is 0 Å². The predicted molar refractivity (Wildman–Crippen MR) is 73.5 cm³/mol. The zero-order chi connectivity index (χ0) is 12.3. The molecule has 2 nitrogen and oxygen atoms in total. The Morgan fingerprint density at radius 3 is 3.06 bits per heavy atom. The lowest BCUT2D eigenvalue weighted by molar-refractivity contribution is 0.231. The molecule has 0 fully saturated rings. The fraction of sp³-hybridized carbons (Fsp3) is 0.714. The lowest BCUT2D eigenvalue weighted by atomic mass is 9.91. The van der Waals surface area contributed by atoms with Crippen molar-refractivity contribution in [2.24, 2.45) is 5.92 Å². The third-order valence-electron chi connectivity index (χ3n) is 3.71. The Labute approximate surface area is 108 Å². The van der Waals surface area contributed by atoms with Crippen molar-refractivity contribution < 1.29 is 5.11 Å². The average Bonchev–Trinajstić information content (AvgIpc) is 2.77. The second-order valence-electron chi connectivity index (χ2n) is 5.27. The van der Waals surface area contributed by atoms with Crippen molar-refractivity contribution in [2.45, 2.75) is 51.6 Å². The third-order valence-corrected chi connectivity index (χ3v) is 4.71. The second kappa shape index (κ2) is 5.98. The van der Waals surface area contributed by atoms with Gasteiger partial charge in [-0.05, 0) is 48.6 Å². The molecule has 1 aliphatic rings. The molecule has 1 aromatic heterocycles. The van der Waals surface area contributed by atoms with Gasteiger partial charge in [0.15, 0.2) is 0 Å². The fourth-order valence-electron chi connectivity index (χ4n) is 2.67. The minimum Gasteiger partial charge on any atom is -0.396 e. The minimum atomic E-state index is 0.277. The van der Waals surface area contributed by atoms with Crippen LogP contribution >= 0.6 is 11.3 Å². The molecule has 2 unspecified atom stereocenters. The van der Waals surface area contributed by atoms with Crippen LogP contribution in [0.4, 0.5) is 0 Å². The number of aliphatic hydroxyl groups excluding tert-OH is 1. The zero-order valence-corrected chi connectivity index (χ0v) is 11.6. The molecule has 0 saturated heterocycles. The van der Waals surface area contributed by atoms with Crippen LogP contribution in [-0.4, -0.2) is 17.8 Å². The van der Waals surface area contributed by atoms with Gasteiger partial charge in [-0.2, -0.15) is 0 Å². The zero-order valence-electron chi connectivity index (χ0n) is 10.8. The van der Waals surface area contributed by atoms with Crippen molar-refractivity contribution in [3.63, 3.8) is 0 Å². The van der Waals surface area contributed by atoms with E-state index in [0.717, 1.165) is 6.42 Å². The molecular weight excluding hydrogens is 230 g/mol. The van der Waals surface area contributed by atoms with Gasteiger partial charge >= 0.3 is 0 Å². The maximum Gasteiger partial charge on any atom is 0.0445 e. The lowest BCUT2D eigenvalue weighted by Gasteiger charge is -2.30. The van der Waals surface area contributed by atoms with Crippen molar-refractivity contribution in [2.75, 3.05) is 6.61 Å². The Balaban J connectivity index is 2.04. The average molecular weight is 253 g/mol. The molecule has 1 aromatic rings. The third kappa shape index (κ3) is 3.09. The standard InChI is InChI=1S/C14H23NOS/c1-10(2)12(6-8-16)15-13-4-3-5-14-11(13)7-9-17-14/h7,9-10,12-13,15-16H,3-6,8H2,1-2H3. The summed E-state index contributed by atoms with van der Waals surface area (Å²) in [6, 6.07) is 3.20. The van der Waals surface area contributed by atoms with E-state index in [1.54, 1.807) is 4.88 Å². The number of aryl methyl sites for hydroxylation is 1. The SMILES string of the molecule is CC(C)C(CCO)NC1CCCc2sccc21. The molecule has 2 rings (SSSR count). The molecule has 96 valence electrons. The highest BCUT2D eigenvalue weighted by Crippen LogP contribution is 2.34. The summed E-state index contributed by atoms with van der Waals surface area (Å²) < 4.78 is 0. The maximum atomic E-state index is 9.13. The first-order valence-corrected chi connectivity index (χ1v) is 7.53. The summed E-state index contributed by atoms with van der Waals surface area (Å²) >= 11 is 1.89. The van der Waals surface area contributed by atoms with Gasteiger partial charge in [0.25, 0.3) is 0 Å². The normalized spacial score (nSPS) is 21.5. The number of fused-ring (bicyclic) bond motifs is 1. The maximum absolute atomic E-state index is 9.13. The van der Waals surface area contributed by atoms with Crippen LogP contribution in [0.25, 0.3) is 0 Å². The lowest BCUT2D eigenvalue weighted by Crippen LogP contribution is -2.38. The van der Waals surface area contributed by atoms with Gasteiger partial charge in [0, 0.05) is 23.6 Å². The van der Waals surface area contributed by atoms with E-state index in [0.29, 0.717) is 18.0 Å². The van der Waals surface area contributed by atoms with E-state index in [9.17, 15) is 0 Å². The molecule has 0 bridgehead atoms. The van der Waals surface area contributed by atoms with Crippen LogP contribution in [-0.2, 0) is 6.42 Å². The highest BCUT2D eigenvalue weighted by atomic mass is 32.1. The number of nitrogens with one attached hydrogen (secondary N) is 1. The van der Waals surface area contributed by atoms with Crippen LogP contribution < -0.4 is 5.32 Å². The monoisotopic (exact) mass is 253 g/mol. The summed E-state index contributed by atoms with van der Waals surface area (Å²) in [4.78, 5) is 1.56. The Hall–Kier alpha value is -0.380. The summed E-state index contributed by atoms with van der Waals surface area (Å²) in [5.74, 6) is 0.575. The fourth-order valence-corrected chi connectivity index (χ4v) is 3.65. The Morgan fingerprint density at radius 2 is 2.35 bits per heavy atom. The summed E-state index contributed by atoms with van der Waals surface area (Å²) in [6.07, 6.45) is 4.62. The molecule has 0 aliphatic heterocycles. The molecule has 2 atom stereocenters. The molecule has 0 amide bonds. The first-order valence-electron chi connectivity index (χ1n) is 6.65. The van der Waals surface area contributed by atoms with Crippen LogP contribution in [0.15, 0.2) is 11.4 Å². The van der Waals surface area contributed by atoms with Gasteiger partial charge in [0.2, 0.25) is 0 Å². The smallest absolute Gasteiger partial charge is 0.0445 e. The molecule has 1 aliphatic carbocycles. The van der Waals surface area contributed by atoms with E-state index in [1.807, 2.05) is 11.3 Å². The highest BCUT2D eigenvalue weighted by Gasteiger charge is 2.24. The van der Waals surface area contributed by atoms with Gasteiger partial charge in [0.1, 0.15) is 0 Å². The molecule has 2 N–H and O–H groups in total. The molecular formula is C14H23NOS. The molecule has 17 heavy (non-hydrogen) atoms. The van der Waals surface area contributed by atoms with Gasteiger partial charge in [0.05, 0.1) is 0 Å². The Morgan fingerprint density at radius 1 is 1.53 bits per heavy atom. The van der Waals surface area contributed by atoms with Crippen molar-refractivity contribution in [3.05, 3.63) is 21.9 Å². The van der Waals surface area contributed by atoms with Crippen LogP contribution in [0.5, 0.6) is 0 Å². The van der Waals surface area contributed by atoms with Gasteiger partial charge in [-0.3, -0.25) is 0 Å². The topological polar surface area (TPSA) is 32.3 Å². The first-order chi connectivity index (χ1) is 8.22. The van der Waals surface area contributed by atoms with Crippen LogP contribution in [0, 0.1) is 5.92 Å². The van der Waals surface area contributed by atoms with Crippen molar-refractivity contribution >= 4 is 11.3 Å². The van der Waals surface area contributed by atoms with E-state index in [1.165, 1.54) is 24.8 Å². The number of thiophene rings is 1. The molecule has 3 heteroatoms. The van der Waals surface area contributed by atoms with E-state index in [4.69, 9.17) is 5.11 Å². The Kier molecular flexibility index (Phi) is 4.60. The quantitative estimate of drug-likeness (QED) is 0.845. The van der Waals surface area contributed by atoms with Gasteiger partial charge in [-0.1, -0.05) is 13.8 Å². The van der Waals surface area contributed by atoms with Crippen LogP contribution in [0.3, 0.4) is 0 Å². The van der Waals surface area contributed by atoms with Gasteiger partial charge in [-0.15, -0.1) is 11.3 Å². The van der Waals surface area contributed by atoms with E-state index < -0.39 is 0 Å². The molecule has 0 saturated carbocycles. The second-order valence-corrected chi connectivity index (χ2v) is 6.27.